The number of aromatic nitrogens is 2. The van der Waals surface area contributed by atoms with Crippen LogP contribution in [-0.4, -0.2) is 58.3 Å². The molecule has 28 heavy (non-hydrogen) atoms. The number of amides is 2. The minimum atomic E-state index is -0.528. The Labute approximate surface area is 162 Å². The molecule has 2 aliphatic rings. The number of likely N-dealkylation sites (tertiary alicyclic amines) is 1. The molecule has 0 N–H and O–H groups in total. The van der Waals surface area contributed by atoms with Crippen LogP contribution in [0.2, 0.25) is 0 Å². The molecule has 2 amide bonds. The summed E-state index contributed by atoms with van der Waals surface area (Å²) in [6.45, 7) is 1.47. The highest BCUT2D eigenvalue weighted by atomic mass is 19.1. The molecule has 3 heterocycles. The Bertz CT molecular complexity index is 899. The van der Waals surface area contributed by atoms with Gasteiger partial charge in [-0.3, -0.25) is 14.3 Å². The first-order valence-corrected chi connectivity index (χ1v) is 9.45. The van der Waals surface area contributed by atoms with Crippen LogP contribution in [0.3, 0.4) is 0 Å². The zero-order chi connectivity index (χ0) is 19.7. The van der Waals surface area contributed by atoms with Crippen LogP contribution in [0.25, 0.3) is 0 Å². The summed E-state index contributed by atoms with van der Waals surface area (Å²) in [5, 5.41) is 4.20. The largest absolute Gasteiger partial charge is 0.363 e. The van der Waals surface area contributed by atoms with Gasteiger partial charge in [-0.25, -0.2) is 4.39 Å². The molecule has 0 aliphatic carbocycles. The summed E-state index contributed by atoms with van der Waals surface area (Å²) in [5.41, 5.74) is 0.442. The van der Waals surface area contributed by atoms with E-state index in [0.29, 0.717) is 37.4 Å². The lowest BCUT2D eigenvalue weighted by atomic mass is 9.92. The van der Waals surface area contributed by atoms with Gasteiger partial charge in [-0.05, 0) is 43.5 Å². The molecule has 2 saturated heterocycles. The van der Waals surface area contributed by atoms with Gasteiger partial charge in [0.05, 0.1) is 12.1 Å². The molecule has 1 unspecified atom stereocenters. The van der Waals surface area contributed by atoms with Gasteiger partial charge in [-0.2, -0.15) is 5.10 Å². The first kappa shape index (κ1) is 18.6. The predicted molar refractivity (Wildman–Crippen MR) is 100 cm³/mol. The van der Waals surface area contributed by atoms with Gasteiger partial charge >= 0.3 is 0 Å². The van der Waals surface area contributed by atoms with E-state index in [1.807, 2.05) is 0 Å². The molecule has 0 bridgehead atoms. The highest BCUT2D eigenvalue weighted by Crippen LogP contribution is 2.33. The fourth-order valence-corrected chi connectivity index (χ4v) is 3.96. The Hall–Kier alpha value is -2.74. The minimum absolute atomic E-state index is 0.0370. The van der Waals surface area contributed by atoms with Crippen molar-refractivity contribution in [3.05, 3.63) is 48.0 Å². The topological polar surface area (TPSA) is 67.7 Å². The van der Waals surface area contributed by atoms with E-state index in [4.69, 9.17) is 4.74 Å². The van der Waals surface area contributed by atoms with Crippen LogP contribution in [0.4, 0.5) is 10.1 Å². The van der Waals surface area contributed by atoms with E-state index < -0.39 is 5.60 Å². The summed E-state index contributed by atoms with van der Waals surface area (Å²) >= 11 is 0. The first-order chi connectivity index (χ1) is 13.5. The number of hydrogen-bond acceptors (Lipinski definition) is 4. The number of ether oxygens (including phenoxy) is 1. The predicted octanol–water partition coefficient (Wildman–Crippen LogP) is 1.99. The molecule has 0 radical (unpaired) electrons. The number of anilines is 1. The van der Waals surface area contributed by atoms with E-state index in [0.717, 1.165) is 12.8 Å². The lowest BCUT2D eigenvalue weighted by molar-refractivity contribution is -0.140. The van der Waals surface area contributed by atoms with Gasteiger partial charge in [0.25, 0.3) is 11.8 Å². The number of nitrogens with zero attached hydrogens (tertiary/aromatic N) is 4. The molecule has 148 valence electrons. The molecule has 2 aromatic rings. The maximum atomic E-state index is 13.6. The highest BCUT2D eigenvalue weighted by molar-refractivity contribution is 5.95. The Morgan fingerprint density at radius 1 is 1.25 bits per heavy atom. The Kier molecular flexibility index (Phi) is 4.89. The summed E-state index contributed by atoms with van der Waals surface area (Å²) < 4.78 is 21.2. The SMILES string of the molecule is Cn1ccc(C(=O)N2CCCC3(CC2)CN(c2cccc(F)c2)C(=O)CO3)n1. The Morgan fingerprint density at radius 2 is 2.11 bits per heavy atom. The number of rotatable bonds is 2. The fraction of sp³-hybridized carbons (Fsp3) is 0.450. The van der Waals surface area contributed by atoms with Crippen molar-refractivity contribution in [2.75, 3.05) is 31.1 Å². The zero-order valence-electron chi connectivity index (χ0n) is 15.8. The van der Waals surface area contributed by atoms with Crippen molar-refractivity contribution in [2.24, 2.45) is 7.05 Å². The lowest BCUT2D eigenvalue weighted by Gasteiger charge is -2.42. The molecule has 0 saturated carbocycles. The van der Waals surface area contributed by atoms with Crippen LogP contribution in [0, 0.1) is 5.82 Å². The van der Waals surface area contributed by atoms with E-state index in [1.165, 1.54) is 12.1 Å². The molecular formula is C20H23FN4O3. The van der Waals surface area contributed by atoms with Crippen LogP contribution in [-0.2, 0) is 16.6 Å². The van der Waals surface area contributed by atoms with Crippen LogP contribution in [0.1, 0.15) is 29.8 Å². The number of aryl methyl sites for hydroxylation is 1. The third kappa shape index (κ3) is 3.64. The maximum absolute atomic E-state index is 13.6. The second-order valence-electron chi connectivity index (χ2n) is 7.45. The van der Waals surface area contributed by atoms with Gasteiger partial charge in [0.2, 0.25) is 0 Å². The van der Waals surface area contributed by atoms with Gasteiger partial charge in [0.1, 0.15) is 18.1 Å². The molecule has 1 atom stereocenters. The monoisotopic (exact) mass is 386 g/mol. The van der Waals surface area contributed by atoms with Crippen LogP contribution >= 0.6 is 0 Å². The Balaban J connectivity index is 1.49. The third-order valence-electron chi connectivity index (χ3n) is 5.49. The molecule has 7 nitrogen and oxygen atoms in total. The fourth-order valence-electron chi connectivity index (χ4n) is 3.96. The van der Waals surface area contributed by atoms with Gasteiger partial charge < -0.3 is 14.5 Å². The zero-order valence-corrected chi connectivity index (χ0v) is 15.8. The molecule has 2 fully saturated rings. The smallest absolute Gasteiger partial charge is 0.274 e. The molecular weight excluding hydrogens is 363 g/mol. The van der Waals surface area contributed by atoms with Gasteiger partial charge in [-0.15, -0.1) is 0 Å². The summed E-state index contributed by atoms with van der Waals surface area (Å²) in [4.78, 5) is 28.5. The maximum Gasteiger partial charge on any atom is 0.274 e. The molecule has 2 aliphatic heterocycles. The normalized spacial score (nSPS) is 23.1. The van der Waals surface area contributed by atoms with E-state index in [9.17, 15) is 14.0 Å². The summed E-state index contributed by atoms with van der Waals surface area (Å²) in [6.07, 6.45) is 3.87. The van der Waals surface area contributed by atoms with Crippen molar-refractivity contribution in [1.29, 1.82) is 0 Å². The first-order valence-electron chi connectivity index (χ1n) is 9.45. The van der Waals surface area contributed by atoms with E-state index >= 15 is 0 Å². The number of carbonyl (C=O) groups excluding carboxylic acids is 2. The second kappa shape index (κ2) is 7.35. The van der Waals surface area contributed by atoms with Gasteiger partial charge in [-0.1, -0.05) is 6.07 Å². The van der Waals surface area contributed by atoms with Crippen molar-refractivity contribution in [3.63, 3.8) is 0 Å². The highest BCUT2D eigenvalue weighted by Gasteiger charge is 2.42. The number of carbonyl (C=O) groups is 2. The molecule has 4 rings (SSSR count). The lowest BCUT2D eigenvalue weighted by Crippen LogP contribution is -2.55. The Morgan fingerprint density at radius 3 is 2.86 bits per heavy atom. The average Bonchev–Trinajstić information content (AvgIpc) is 3.01. The number of halogens is 1. The third-order valence-corrected chi connectivity index (χ3v) is 5.49. The number of benzene rings is 1. The van der Waals surface area contributed by atoms with Crippen molar-refractivity contribution >= 4 is 17.5 Å². The second-order valence-corrected chi connectivity index (χ2v) is 7.45. The van der Waals surface area contributed by atoms with Gasteiger partial charge in [0, 0.05) is 32.0 Å². The summed E-state index contributed by atoms with van der Waals surface area (Å²) in [5.74, 6) is -0.646. The molecule has 1 spiro atoms. The van der Waals surface area contributed by atoms with Gasteiger partial charge in [0.15, 0.2) is 0 Å². The van der Waals surface area contributed by atoms with Crippen LogP contribution in [0.5, 0.6) is 0 Å². The standard InChI is InChI=1S/C20H23FN4O3/c1-23-10-6-17(22-23)19(27)24-9-3-7-20(8-11-24)14-25(18(26)13-28-20)16-5-2-4-15(21)12-16/h2,4-6,10,12H,3,7-9,11,13-14H2,1H3. The summed E-state index contributed by atoms with van der Waals surface area (Å²) in [6, 6.07) is 7.76. The summed E-state index contributed by atoms with van der Waals surface area (Å²) in [7, 11) is 1.78. The van der Waals surface area contributed by atoms with Crippen molar-refractivity contribution in [2.45, 2.75) is 24.9 Å². The number of morpholine rings is 1. The number of hydrogen-bond donors (Lipinski definition) is 0. The average molecular weight is 386 g/mol. The quantitative estimate of drug-likeness (QED) is 0.792. The molecule has 1 aromatic carbocycles. The van der Waals surface area contributed by atoms with E-state index in [2.05, 4.69) is 5.10 Å². The van der Waals surface area contributed by atoms with Crippen molar-refractivity contribution in [1.82, 2.24) is 14.7 Å². The molecule has 1 aromatic heterocycles. The van der Waals surface area contributed by atoms with Crippen LogP contribution < -0.4 is 4.90 Å². The van der Waals surface area contributed by atoms with E-state index in [1.54, 1.807) is 45.9 Å². The molecule has 8 heteroatoms. The van der Waals surface area contributed by atoms with E-state index in [-0.39, 0.29) is 24.2 Å². The minimum Gasteiger partial charge on any atom is -0.363 e. The van der Waals surface area contributed by atoms with Crippen molar-refractivity contribution < 1.29 is 18.7 Å². The van der Waals surface area contributed by atoms with Crippen molar-refractivity contribution in [3.8, 4) is 0 Å². The van der Waals surface area contributed by atoms with Crippen LogP contribution in [0.15, 0.2) is 36.5 Å².